The van der Waals surface area contributed by atoms with Crippen LogP contribution >= 0.6 is 0 Å². The molecule has 0 bridgehead atoms. The average molecular weight is 231 g/mol. The lowest BCUT2D eigenvalue weighted by Gasteiger charge is -2.17. The van der Waals surface area contributed by atoms with Gasteiger partial charge in [-0.15, -0.1) is 0 Å². The first-order valence-electron chi connectivity index (χ1n) is 5.75. The van der Waals surface area contributed by atoms with Crippen molar-refractivity contribution >= 4 is 0 Å². The summed E-state index contributed by atoms with van der Waals surface area (Å²) >= 11 is 0. The molecule has 0 aliphatic rings. The van der Waals surface area contributed by atoms with E-state index in [1.54, 1.807) is 12.4 Å². The van der Waals surface area contributed by atoms with Crippen LogP contribution in [0.15, 0.2) is 35.1 Å². The van der Waals surface area contributed by atoms with Gasteiger partial charge in [0.2, 0.25) is 5.89 Å². The maximum Gasteiger partial charge on any atom is 0.211 e. The number of nitrogens with one attached hydrogen (secondary N) is 1. The molecule has 0 radical (unpaired) electrons. The van der Waals surface area contributed by atoms with Gasteiger partial charge in [-0.2, -0.15) is 0 Å². The Balaban J connectivity index is 2.02. The Kier molecular flexibility index (Phi) is 3.54. The molecule has 0 spiro atoms. The number of rotatable bonds is 4. The molecule has 90 valence electrons. The zero-order valence-electron chi connectivity index (χ0n) is 10.3. The lowest BCUT2D eigenvalue weighted by molar-refractivity contribution is 0.380. The van der Waals surface area contributed by atoms with E-state index < -0.39 is 0 Å². The van der Waals surface area contributed by atoms with Crippen LogP contribution in [-0.2, 0) is 0 Å². The maximum absolute atomic E-state index is 5.49. The average Bonchev–Trinajstić information content (AvgIpc) is 2.77. The van der Waals surface area contributed by atoms with Crippen LogP contribution in [0.25, 0.3) is 0 Å². The summed E-state index contributed by atoms with van der Waals surface area (Å²) < 4.78 is 5.49. The van der Waals surface area contributed by atoms with Gasteiger partial charge in [-0.1, -0.05) is 6.07 Å². The van der Waals surface area contributed by atoms with Crippen LogP contribution in [0.1, 0.15) is 43.1 Å². The molecule has 2 aromatic rings. The second-order valence-corrected chi connectivity index (χ2v) is 4.21. The fraction of sp³-hybridized carbons (Fsp3) is 0.385. The third-order valence-electron chi connectivity index (χ3n) is 2.69. The normalized spacial score (nSPS) is 14.5. The highest BCUT2D eigenvalue weighted by atomic mass is 16.4. The number of aryl methyl sites for hydroxylation is 1. The van der Waals surface area contributed by atoms with E-state index in [0.29, 0.717) is 0 Å². The molecule has 1 N–H and O–H groups in total. The molecule has 4 heteroatoms. The van der Waals surface area contributed by atoms with Crippen molar-refractivity contribution in [1.29, 1.82) is 0 Å². The van der Waals surface area contributed by atoms with E-state index in [0.717, 1.165) is 17.2 Å². The van der Waals surface area contributed by atoms with Crippen LogP contribution in [0.3, 0.4) is 0 Å². The van der Waals surface area contributed by atoms with Crippen LogP contribution in [0, 0.1) is 6.92 Å². The van der Waals surface area contributed by atoms with E-state index in [9.17, 15) is 0 Å². The molecule has 2 heterocycles. The summed E-state index contributed by atoms with van der Waals surface area (Å²) in [6.07, 6.45) is 5.38. The zero-order chi connectivity index (χ0) is 12.3. The molecule has 4 nitrogen and oxygen atoms in total. The third kappa shape index (κ3) is 2.91. The molecule has 0 aliphatic carbocycles. The highest BCUT2D eigenvalue weighted by Crippen LogP contribution is 2.18. The summed E-state index contributed by atoms with van der Waals surface area (Å²) in [4.78, 5) is 8.33. The monoisotopic (exact) mass is 231 g/mol. The molecule has 0 aliphatic heterocycles. The van der Waals surface area contributed by atoms with E-state index in [2.05, 4.69) is 28.3 Å². The SMILES string of the molecule is Cc1cnc(C(C)NC(C)c2cccnc2)o1. The number of nitrogens with zero attached hydrogens (tertiary/aromatic N) is 2. The summed E-state index contributed by atoms with van der Waals surface area (Å²) in [5, 5.41) is 3.43. The standard InChI is InChI=1S/C13H17N3O/c1-9-7-15-13(17-9)11(3)16-10(2)12-5-4-6-14-8-12/h4-8,10-11,16H,1-3H3. The van der Waals surface area contributed by atoms with Crippen LogP contribution in [0.5, 0.6) is 0 Å². The van der Waals surface area contributed by atoms with Gasteiger partial charge >= 0.3 is 0 Å². The fourth-order valence-electron chi connectivity index (χ4n) is 1.75. The second-order valence-electron chi connectivity index (χ2n) is 4.21. The van der Waals surface area contributed by atoms with E-state index >= 15 is 0 Å². The quantitative estimate of drug-likeness (QED) is 0.879. The summed E-state index contributed by atoms with van der Waals surface area (Å²) in [7, 11) is 0. The van der Waals surface area contributed by atoms with Crippen molar-refractivity contribution < 1.29 is 4.42 Å². The summed E-state index contributed by atoms with van der Waals surface area (Å²) in [5.74, 6) is 1.56. The van der Waals surface area contributed by atoms with Gasteiger partial charge in [0.25, 0.3) is 0 Å². The maximum atomic E-state index is 5.49. The van der Waals surface area contributed by atoms with Gasteiger partial charge in [0.15, 0.2) is 0 Å². The minimum absolute atomic E-state index is 0.0823. The Morgan fingerprint density at radius 2 is 2.06 bits per heavy atom. The summed E-state index contributed by atoms with van der Waals surface area (Å²) in [5.41, 5.74) is 1.16. The summed E-state index contributed by atoms with van der Waals surface area (Å²) in [6.45, 7) is 6.04. The van der Waals surface area contributed by atoms with Crippen LogP contribution in [0.2, 0.25) is 0 Å². The van der Waals surface area contributed by atoms with Gasteiger partial charge in [-0.25, -0.2) is 4.98 Å². The predicted octanol–water partition coefficient (Wildman–Crippen LogP) is 2.79. The van der Waals surface area contributed by atoms with Crippen molar-refractivity contribution in [2.75, 3.05) is 0 Å². The molecule has 2 atom stereocenters. The van der Waals surface area contributed by atoms with Gasteiger partial charge < -0.3 is 4.42 Å². The van der Waals surface area contributed by atoms with E-state index in [1.807, 2.05) is 26.1 Å². The van der Waals surface area contributed by atoms with E-state index in [1.165, 1.54) is 0 Å². The molecular weight excluding hydrogens is 214 g/mol. The van der Waals surface area contributed by atoms with Crippen LogP contribution < -0.4 is 5.32 Å². The Bertz CT molecular complexity index is 467. The summed E-state index contributed by atoms with van der Waals surface area (Å²) in [6, 6.07) is 4.29. The molecule has 2 rings (SSSR count). The third-order valence-corrected chi connectivity index (χ3v) is 2.69. The Morgan fingerprint density at radius 3 is 2.65 bits per heavy atom. The Morgan fingerprint density at radius 1 is 1.24 bits per heavy atom. The molecule has 17 heavy (non-hydrogen) atoms. The van der Waals surface area contributed by atoms with Gasteiger partial charge in [-0.3, -0.25) is 10.3 Å². The largest absolute Gasteiger partial charge is 0.444 e. The minimum atomic E-state index is 0.0823. The van der Waals surface area contributed by atoms with Crippen molar-refractivity contribution in [2.45, 2.75) is 32.9 Å². The highest BCUT2D eigenvalue weighted by Gasteiger charge is 2.14. The molecule has 2 aromatic heterocycles. The van der Waals surface area contributed by atoms with Crippen molar-refractivity contribution in [3.05, 3.63) is 47.9 Å². The van der Waals surface area contributed by atoms with Crippen molar-refractivity contribution in [3.63, 3.8) is 0 Å². The number of pyridine rings is 1. The molecule has 0 saturated heterocycles. The number of hydrogen-bond donors (Lipinski definition) is 1. The van der Waals surface area contributed by atoms with Crippen LogP contribution in [-0.4, -0.2) is 9.97 Å². The van der Waals surface area contributed by atoms with Crippen molar-refractivity contribution in [3.8, 4) is 0 Å². The van der Waals surface area contributed by atoms with Crippen molar-refractivity contribution in [2.24, 2.45) is 0 Å². The number of oxazole rings is 1. The van der Waals surface area contributed by atoms with Crippen molar-refractivity contribution in [1.82, 2.24) is 15.3 Å². The Hall–Kier alpha value is -1.68. The first-order valence-corrected chi connectivity index (χ1v) is 5.75. The second kappa shape index (κ2) is 5.10. The molecule has 0 aromatic carbocycles. The highest BCUT2D eigenvalue weighted by molar-refractivity contribution is 5.13. The molecule has 0 fully saturated rings. The topological polar surface area (TPSA) is 51.0 Å². The van der Waals surface area contributed by atoms with E-state index in [-0.39, 0.29) is 12.1 Å². The smallest absolute Gasteiger partial charge is 0.211 e. The molecule has 0 amide bonds. The van der Waals surface area contributed by atoms with Crippen LogP contribution in [0.4, 0.5) is 0 Å². The molecule has 2 unspecified atom stereocenters. The first-order chi connectivity index (χ1) is 8.16. The van der Waals surface area contributed by atoms with E-state index in [4.69, 9.17) is 4.42 Å². The minimum Gasteiger partial charge on any atom is -0.444 e. The Labute approximate surface area is 101 Å². The lowest BCUT2D eigenvalue weighted by Crippen LogP contribution is -2.22. The number of aromatic nitrogens is 2. The fourth-order valence-corrected chi connectivity index (χ4v) is 1.75. The lowest BCUT2D eigenvalue weighted by atomic mass is 10.1. The molecular formula is C13H17N3O. The zero-order valence-corrected chi connectivity index (χ0v) is 10.3. The predicted molar refractivity (Wildman–Crippen MR) is 65.4 cm³/mol. The van der Waals surface area contributed by atoms with Gasteiger partial charge in [-0.05, 0) is 32.4 Å². The van der Waals surface area contributed by atoms with Gasteiger partial charge in [0, 0.05) is 18.4 Å². The first kappa shape index (κ1) is 11.8. The van der Waals surface area contributed by atoms with Gasteiger partial charge in [0.05, 0.1) is 12.2 Å². The number of hydrogen-bond acceptors (Lipinski definition) is 4. The molecule has 0 saturated carbocycles. The van der Waals surface area contributed by atoms with Gasteiger partial charge in [0.1, 0.15) is 5.76 Å².